The lowest BCUT2D eigenvalue weighted by Crippen LogP contribution is -1.95. The van der Waals surface area contributed by atoms with E-state index in [-0.39, 0.29) is 0 Å². The van der Waals surface area contributed by atoms with Gasteiger partial charge < -0.3 is 4.74 Å². The lowest BCUT2D eigenvalue weighted by atomic mass is 10.3. The molecule has 11 heavy (non-hydrogen) atoms. The van der Waals surface area contributed by atoms with Gasteiger partial charge >= 0.3 is 0 Å². The number of carbonyl (C=O) groups excluding carboxylic acids is 1. The minimum absolute atomic E-state index is 0.457. The minimum atomic E-state index is -0.463. The molecule has 0 saturated carbocycles. The Labute approximate surface area is 73.7 Å². The highest BCUT2D eigenvalue weighted by Crippen LogP contribution is 2.24. The third-order valence-corrected chi connectivity index (χ3v) is 2.06. The van der Waals surface area contributed by atoms with Crippen molar-refractivity contribution in [1.82, 2.24) is 0 Å². The summed E-state index contributed by atoms with van der Waals surface area (Å²) in [5.41, 5.74) is 0.457. The molecular weight excluding hydrogens is 184 g/mol. The van der Waals surface area contributed by atoms with Crippen molar-refractivity contribution in [3.8, 4) is 5.75 Å². The van der Waals surface area contributed by atoms with Crippen molar-refractivity contribution in [2.45, 2.75) is 6.92 Å². The number of hydrogen-bond acceptors (Lipinski definition) is 3. The molecule has 0 aliphatic carbocycles. The summed E-state index contributed by atoms with van der Waals surface area (Å²) in [7, 11) is 0. The first-order valence-electron chi connectivity index (χ1n) is 3.14. The molecule has 0 aromatic carbocycles. The summed E-state index contributed by atoms with van der Waals surface area (Å²) >= 11 is 6.68. The second-order valence-electron chi connectivity index (χ2n) is 1.86. The molecule has 60 valence electrons. The van der Waals surface area contributed by atoms with Gasteiger partial charge in [0.25, 0.3) is 5.24 Å². The number of rotatable bonds is 3. The number of ether oxygens (including phenoxy) is 1. The molecule has 0 aliphatic heterocycles. The summed E-state index contributed by atoms with van der Waals surface area (Å²) in [5.74, 6) is 0.581. The normalized spacial score (nSPS) is 9.64. The van der Waals surface area contributed by atoms with E-state index in [4.69, 9.17) is 16.3 Å². The zero-order valence-corrected chi connectivity index (χ0v) is 7.54. The predicted molar refractivity (Wildman–Crippen MR) is 45.7 cm³/mol. The first-order chi connectivity index (χ1) is 5.25. The van der Waals surface area contributed by atoms with E-state index in [9.17, 15) is 4.79 Å². The van der Waals surface area contributed by atoms with Crippen LogP contribution >= 0.6 is 22.9 Å². The Balaban J connectivity index is 2.87. The van der Waals surface area contributed by atoms with Crippen LogP contribution in [-0.4, -0.2) is 11.8 Å². The molecule has 0 unspecified atom stereocenters. The van der Waals surface area contributed by atoms with Crippen LogP contribution in [0.4, 0.5) is 0 Å². The van der Waals surface area contributed by atoms with Crippen molar-refractivity contribution in [2.24, 2.45) is 0 Å². The van der Waals surface area contributed by atoms with Crippen LogP contribution in [0.25, 0.3) is 0 Å². The zero-order chi connectivity index (χ0) is 8.27. The smallest absolute Gasteiger partial charge is 0.256 e. The molecule has 1 aromatic heterocycles. The Morgan fingerprint density at radius 3 is 3.00 bits per heavy atom. The summed E-state index contributed by atoms with van der Waals surface area (Å²) in [6.07, 6.45) is 0. The van der Waals surface area contributed by atoms with Crippen LogP contribution in [0.1, 0.15) is 17.3 Å². The molecule has 0 aliphatic rings. The maximum Gasteiger partial charge on any atom is 0.256 e. The Morgan fingerprint density at radius 1 is 1.73 bits per heavy atom. The third-order valence-electron chi connectivity index (χ3n) is 1.14. The largest absolute Gasteiger partial charge is 0.492 e. The molecule has 0 amide bonds. The van der Waals surface area contributed by atoms with Gasteiger partial charge in [-0.1, -0.05) is 0 Å². The fraction of sp³-hybridized carbons (Fsp3) is 0.286. The third kappa shape index (κ3) is 1.94. The maximum absolute atomic E-state index is 10.7. The van der Waals surface area contributed by atoms with Gasteiger partial charge in [-0.05, 0) is 18.5 Å². The first kappa shape index (κ1) is 8.56. The van der Waals surface area contributed by atoms with E-state index in [1.807, 2.05) is 6.92 Å². The molecule has 0 radical (unpaired) electrons. The molecule has 0 atom stereocenters. The average Bonchev–Trinajstić information content (AvgIpc) is 2.36. The highest BCUT2D eigenvalue weighted by atomic mass is 35.5. The summed E-state index contributed by atoms with van der Waals surface area (Å²) < 4.78 is 5.14. The van der Waals surface area contributed by atoms with Crippen LogP contribution < -0.4 is 4.74 Å². The van der Waals surface area contributed by atoms with E-state index in [0.717, 1.165) is 0 Å². The summed E-state index contributed by atoms with van der Waals surface area (Å²) in [5, 5.41) is 2.98. The summed E-state index contributed by atoms with van der Waals surface area (Å²) in [4.78, 5) is 10.7. The number of carbonyl (C=O) groups is 1. The average molecular weight is 191 g/mol. The molecule has 1 aromatic rings. The standard InChI is InChI=1S/C7H7ClO2S/c1-2-10-6-4-11-3-5(6)7(8)9/h3-4H,2H2,1H3. The SMILES string of the molecule is CCOc1cscc1C(=O)Cl. The van der Waals surface area contributed by atoms with E-state index < -0.39 is 5.24 Å². The molecule has 0 bridgehead atoms. The van der Waals surface area contributed by atoms with Crippen molar-refractivity contribution in [3.05, 3.63) is 16.3 Å². The maximum atomic E-state index is 10.7. The van der Waals surface area contributed by atoms with E-state index in [1.54, 1.807) is 10.8 Å². The van der Waals surface area contributed by atoms with Gasteiger partial charge in [-0.15, -0.1) is 11.3 Å². The summed E-state index contributed by atoms with van der Waals surface area (Å²) in [6, 6.07) is 0. The lowest BCUT2D eigenvalue weighted by molar-refractivity contribution is 0.107. The Kier molecular flexibility index (Phi) is 2.91. The number of halogens is 1. The van der Waals surface area contributed by atoms with Gasteiger partial charge in [-0.25, -0.2) is 0 Å². The van der Waals surface area contributed by atoms with Crippen LogP contribution in [0.2, 0.25) is 0 Å². The second-order valence-corrected chi connectivity index (χ2v) is 2.94. The van der Waals surface area contributed by atoms with Gasteiger partial charge in [-0.2, -0.15) is 0 Å². The van der Waals surface area contributed by atoms with Gasteiger partial charge in [-0.3, -0.25) is 4.79 Å². The number of hydrogen-bond donors (Lipinski definition) is 0. The van der Waals surface area contributed by atoms with Crippen molar-refractivity contribution in [2.75, 3.05) is 6.61 Å². The summed E-state index contributed by atoms with van der Waals surface area (Å²) in [6.45, 7) is 2.41. The van der Waals surface area contributed by atoms with Gasteiger partial charge in [0.2, 0.25) is 0 Å². The molecule has 1 rings (SSSR count). The zero-order valence-electron chi connectivity index (χ0n) is 5.96. The monoisotopic (exact) mass is 190 g/mol. The number of thiophene rings is 1. The minimum Gasteiger partial charge on any atom is -0.492 e. The Morgan fingerprint density at radius 2 is 2.45 bits per heavy atom. The molecule has 0 spiro atoms. The molecule has 0 fully saturated rings. The van der Waals surface area contributed by atoms with Crippen LogP contribution in [0.5, 0.6) is 5.75 Å². The fourth-order valence-corrected chi connectivity index (χ4v) is 1.65. The first-order valence-corrected chi connectivity index (χ1v) is 4.46. The highest BCUT2D eigenvalue weighted by Gasteiger charge is 2.09. The van der Waals surface area contributed by atoms with E-state index in [1.165, 1.54) is 11.3 Å². The van der Waals surface area contributed by atoms with Gasteiger partial charge in [0.1, 0.15) is 5.75 Å². The van der Waals surface area contributed by atoms with Crippen molar-refractivity contribution in [3.63, 3.8) is 0 Å². The van der Waals surface area contributed by atoms with E-state index in [0.29, 0.717) is 17.9 Å². The molecular formula is C7H7ClO2S. The Bertz CT molecular complexity index is 257. The quantitative estimate of drug-likeness (QED) is 0.685. The highest BCUT2D eigenvalue weighted by molar-refractivity contribution is 7.08. The van der Waals surface area contributed by atoms with Gasteiger partial charge in [0, 0.05) is 10.8 Å². The molecule has 1 heterocycles. The van der Waals surface area contributed by atoms with Crippen LogP contribution in [0.3, 0.4) is 0 Å². The Hall–Kier alpha value is -0.540. The molecule has 0 N–H and O–H groups in total. The van der Waals surface area contributed by atoms with E-state index >= 15 is 0 Å². The molecule has 0 saturated heterocycles. The van der Waals surface area contributed by atoms with Gasteiger partial charge in [0.15, 0.2) is 0 Å². The van der Waals surface area contributed by atoms with Crippen molar-refractivity contribution < 1.29 is 9.53 Å². The van der Waals surface area contributed by atoms with Crippen LogP contribution in [0, 0.1) is 0 Å². The van der Waals surface area contributed by atoms with Crippen molar-refractivity contribution in [1.29, 1.82) is 0 Å². The molecule has 2 nitrogen and oxygen atoms in total. The lowest BCUT2D eigenvalue weighted by Gasteiger charge is -1.99. The van der Waals surface area contributed by atoms with E-state index in [2.05, 4.69) is 0 Å². The predicted octanol–water partition coefficient (Wildman–Crippen LogP) is 2.53. The van der Waals surface area contributed by atoms with Crippen LogP contribution in [-0.2, 0) is 0 Å². The fourth-order valence-electron chi connectivity index (χ4n) is 0.696. The topological polar surface area (TPSA) is 26.3 Å². The second kappa shape index (κ2) is 3.74. The van der Waals surface area contributed by atoms with Gasteiger partial charge in [0.05, 0.1) is 12.2 Å². The molecule has 4 heteroatoms. The van der Waals surface area contributed by atoms with Crippen molar-refractivity contribution >= 4 is 28.2 Å². The van der Waals surface area contributed by atoms with Crippen LogP contribution in [0.15, 0.2) is 10.8 Å².